The number of carbonyl (C=O) groups excluding carboxylic acids is 1. The number of nitro benzene ring substituents is 1. The van der Waals surface area contributed by atoms with Crippen LogP contribution in [0.2, 0.25) is 0 Å². The van der Waals surface area contributed by atoms with Gasteiger partial charge in [-0.2, -0.15) is 0 Å². The van der Waals surface area contributed by atoms with E-state index in [1.165, 1.54) is 47.4 Å². The Morgan fingerprint density at radius 3 is 2.71 bits per heavy atom. The lowest BCUT2D eigenvalue weighted by atomic mass is 10.2. The normalized spacial score (nSPS) is 15.5. The van der Waals surface area contributed by atoms with Gasteiger partial charge < -0.3 is 9.84 Å². The molecule has 1 aromatic heterocycles. The van der Waals surface area contributed by atoms with Gasteiger partial charge >= 0.3 is 12.1 Å². The quantitative estimate of drug-likeness (QED) is 0.418. The third kappa shape index (κ3) is 4.81. The highest BCUT2D eigenvalue weighted by molar-refractivity contribution is 8.15. The van der Waals surface area contributed by atoms with E-state index in [4.69, 9.17) is 9.84 Å². The number of carbonyl (C=O) groups is 2. The second-order valence-electron chi connectivity index (χ2n) is 6.43. The smallest absolute Gasteiger partial charge is 0.411 e. The maximum Gasteiger partial charge on any atom is 0.411 e. The van der Waals surface area contributed by atoms with Crippen molar-refractivity contribution in [3.63, 3.8) is 0 Å². The molecule has 2 N–H and O–H groups in total. The van der Waals surface area contributed by atoms with E-state index in [-0.39, 0.29) is 12.3 Å². The number of nitro groups is 1. The Morgan fingerprint density at radius 2 is 2.03 bits per heavy atom. The third-order valence-electron chi connectivity index (χ3n) is 4.27. The molecule has 1 aliphatic heterocycles. The maximum atomic E-state index is 12.1. The zero-order valence-electron chi connectivity index (χ0n) is 15.7. The van der Waals surface area contributed by atoms with Crippen LogP contribution < -0.4 is 5.32 Å². The summed E-state index contributed by atoms with van der Waals surface area (Å²) in [5.41, 5.74) is 1.82. The topological polar surface area (TPSA) is 144 Å². The van der Waals surface area contributed by atoms with Crippen molar-refractivity contribution in [2.24, 2.45) is 4.99 Å². The fraction of sp³-hybridized carbons (Fsp3) is 0.158. The average molecular weight is 458 g/mol. The first-order valence-electron chi connectivity index (χ1n) is 8.90. The number of amides is 1. The predicted molar refractivity (Wildman–Crippen MR) is 117 cm³/mol. The maximum absolute atomic E-state index is 12.1. The van der Waals surface area contributed by atoms with Gasteiger partial charge in [0.15, 0.2) is 6.04 Å². The minimum absolute atomic E-state index is 0.0292. The van der Waals surface area contributed by atoms with Gasteiger partial charge in [0, 0.05) is 23.6 Å². The summed E-state index contributed by atoms with van der Waals surface area (Å²) < 4.78 is 5.97. The van der Waals surface area contributed by atoms with Gasteiger partial charge in [-0.25, -0.2) is 14.6 Å². The van der Waals surface area contributed by atoms with E-state index in [2.05, 4.69) is 15.3 Å². The number of aliphatic imine (C=N–C) groups is 1. The number of hydrogen-bond acceptors (Lipinski definition) is 9. The number of benzene rings is 2. The second kappa shape index (κ2) is 8.70. The monoisotopic (exact) mass is 458 g/mol. The molecule has 2 aromatic carbocycles. The summed E-state index contributed by atoms with van der Waals surface area (Å²) in [5.74, 6) is -0.573. The molecular weight excluding hydrogens is 444 g/mol. The Labute approximate surface area is 183 Å². The number of non-ortho nitro benzene ring substituents is 1. The number of thioether (sulfide) groups is 1. The van der Waals surface area contributed by atoms with Crippen molar-refractivity contribution in [3.8, 4) is 0 Å². The number of nitrogens with zero attached hydrogens (tertiary/aromatic N) is 3. The molecule has 0 fully saturated rings. The molecule has 3 aromatic rings. The number of carboxylic acids is 1. The van der Waals surface area contributed by atoms with Crippen LogP contribution in [0.25, 0.3) is 10.2 Å². The van der Waals surface area contributed by atoms with Crippen molar-refractivity contribution in [3.05, 3.63) is 63.1 Å². The molecule has 1 aliphatic rings. The molecule has 0 bridgehead atoms. The van der Waals surface area contributed by atoms with E-state index in [0.29, 0.717) is 32.6 Å². The summed E-state index contributed by atoms with van der Waals surface area (Å²) in [6.07, 6.45) is -0.664. The first kappa shape index (κ1) is 20.8. The number of ether oxygens (including phenoxy) is 1. The summed E-state index contributed by atoms with van der Waals surface area (Å²) >= 11 is 2.72. The first-order chi connectivity index (χ1) is 14.9. The van der Waals surface area contributed by atoms with Gasteiger partial charge in [0.05, 0.1) is 15.1 Å². The van der Waals surface area contributed by atoms with Crippen LogP contribution in [0.4, 0.5) is 16.2 Å². The van der Waals surface area contributed by atoms with E-state index in [1.54, 1.807) is 18.2 Å². The molecule has 1 atom stereocenters. The third-order valence-corrected chi connectivity index (χ3v) is 6.48. The van der Waals surface area contributed by atoms with E-state index >= 15 is 0 Å². The molecule has 0 saturated carbocycles. The Kier molecular flexibility index (Phi) is 5.82. The second-order valence-corrected chi connectivity index (χ2v) is 8.46. The number of thiazole rings is 1. The fourth-order valence-corrected chi connectivity index (χ4v) is 4.83. The van der Waals surface area contributed by atoms with Crippen LogP contribution in [-0.4, -0.2) is 43.9 Å². The Morgan fingerprint density at radius 1 is 1.26 bits per heavy atom. The van der Waals surface area contributed by atoms with E-state index in [9.17, 15) is 19.7 Å². The Hall–Kier alpha value is -3.51. The summed E-state index contributed by atoms with van der Waals surface area (Å²) in [4.78, 5) is 42.0. The van der Waals surface area contributed by atoms with Gasteiger partial charge in [0.2, 0.25) is 0 Å². The van der Waals surface area contributed by atoms with Gasteiger partial charge in [-0.05, 0) is 35.9 Å². The van der Waals surface area contributed by atoms with Gasteiger partial charge in [-0.3, -0.25) is 20.4 Å². The molecule has 1 amide bonds. The summed E-state index contributed by atoms with van der Waals surface area (Å²) in [6, 6.07) is 10.2. The van der Waals surface area contributed by atoms with Gasteiger partial charge in [0.25, 0.3) is 5.69 Å². The summed E-state index contributed by atoms with van der Waals surface area (Å²) in [7, 11) is 0. The molecule has 4 rings (SSSR count). The number of nitrogens with one attached hydrogen (secondary N) is 1. The SMILES string of the molecule is O=C(Nc1ccc2nc(C3=N[C@@H](C(=O)O)CS3)sc2c1)OCc1ccc([N+](=O)[O-])cc1. The molecule has 12 heteroatoms. The molecule has 0 aliphatic carbocycles. The number of carboxylic acid groups (broad SMARTS) is 1. The Balaban J connectivity index is 1.39. The minimum atomic E-state index is -0.956. The number of aliphatic carboxylic acids is 1. The van der Waals surface area contributed by atoms with Crippen molar-refractivity contribution in [1.82, 2.24) is 4.98 Å². The van der Waals surface area contributed by atoms with Crippen LogP contribution in [0.5, 0.6) is 0 Å². The molecule has 2 heterocycles. The molecule has 0 saturated heterocycles. The van der Waals surface area contributed by atoms with Crippen molar-refractivity contribution >= 4 is 61.8 Å². The predicted octanol–water partition coefficient (Wildman–Crippen LogP) is 3.90. The van der Waals surface area contributed by atoms with Crippen molar-refractivity contribution in [2.45, 2.75) is 12.6 Å². The number of aromatic nitrogens is 1. The van der Waals surface area contributed by atoms with Crippen LogP contribution in [0, 0.1) is 10.1 Å². The van der Waals surface area contributed by atoms with Crippen molar-refractivity contribution in [2.75, 3.05) is 11.1 Å². The lowest BCUT2D eigenvalue weighted by Crippen LogP contribution is -2.17. The standard InChI is InChI=1S/C19H14N4O6S2/c24-18(25)14-9-30-16(22-14)17-21-13-6-3-11(7-15(13)31-17)20-19(26)29-8-10-1-4-12(5-2-10)23(27)28/h1-7,14H,8-9H2,(H,20,26)(H,24,25)/t14-/m1/s1. The first-order valence-corrected chi connectivity index (χ1v) is 10.7. The number of rotatable bonds is 6. The number of anilines is 1. The highest BCUT2D eigenvalue weighted by atomic mass is 32.2. The lowest BCUT2D eigenvalue weighted by molar-refractivity contribution is -0.384. The number of hydrogen-bond donors (Lipinski definition) is 2. The summed E-state index contributed by atoms with van der Waals surface area (Å²) in [5, 5.41) is 23.6. The van der Waals surface area contributed by atoms with Crippen LogP contribution in [-0.2, 0) is 16.1 Å². The van der Waals surface area contributed by atoms with Crippen LogP contribution in [0.3, 0.4) is 0 Å². The van der Waals surface area contributed by atoms with E-state index in [0.717, 1.165) is 4.70 Å². The van der Waals surface area contributed by atoms with Crippen LogP contribution in [0.1, 0.15) is 10.6 Å². The molecule has 0 radical (unpaired) electrons. The van der Waals surface area contributed by atoms with E-state index < -0.39 is 23.0 Å². The van der Waals surface area contributed by atoms with Crippen LogP contribution in [0.15, 0.2) is 47.5 Å². The van der Waals surface area contributed by atoms with Crippen LogP contribution >= 0.6 is 23.1 Å². The zero-order chi connectivity index (χ0) is 22.0. The molecular formula is C19H14N4O6S2. The highest BCUT2D eigenvalue weighted by Crippen LogP contribution is 2.31. The minimum Gasteiger partial charge on any atom is -0.480 e. The molecule has 10 nitrogen and oxygen atoms in total. The summed E-state index contributed by atoms with van der Waals surface area (Å²) in [6.45, 7) is -0.0292. The van der Waals surface area contributed by atoms with Gasteiger partial charge in [-0.15, -0.1) is 23.1 Å². The molecule has 0 spiro atoms. The lowest BCUT2D eigenvalue weighted by Gasteiger charge is -2.07. The van der Waals surface area contributed by atoms with E-state index in [1.807, 2.05) is 0 Å². The largest absolute Gasteiger partial charge is 0.480 e. The molecule has 31 heavy (non-hydrogen) atoms. The molecule has 158 valence electrons. The van der Waals surface area contributed by atoms with Crippen molar-refractivity contribution in [1.29, 1.82) is 0 Å². The van der Waals surface area contributed by atoms with Crippen molar-refractivity contribution < 1.29 is 24.4 Å². The molecule has 0 unspecified atom stereocenters. The van der Waals surface area contributed by atoms with Gasteiger partial charge in [-0.1, -0.05) is 0 Å². The van der Waals surface area contributed by atoms with Gasteiger partial charge in [0.1, 0.15) is 16.7 Å². The fourth-order valence-electron chi connectivity index (χ4n) is 2.73. The highest BCUT2D eigenvalue weighted by Gasteiger charge is 2.26. The number of fused-ring (bicyclic) bond motifs is 1. The Bertz CT molecular complexity index is 1210. The zero-order valence-corrected chi connectivity index (χ0v) is 17.3. The average Bonchev–Trinajstić information content (AvgIpc) is 3.39.